The fraction of sp³-hybridized carbons (Fsp3) is 0.923. The Bertz CT molecular complexity index is 242. The first-order valence-electron chi connectivity index (χ1n) is 6.53. The molecule has 0 aliphatic carbocycles. The number of carbonyl (C=O) groups excluding carboxylic acids is 1. The normalized spacial score (nSPS) is 21.1. The molecule has 0 aromatic carbocycles. The average Bonchev–Trinajstić information content (AvgIpc) is 2.25. The Morgan fingerprint density at radius 3 is 2.71 bits per heavy atom. The van der Waals surface area contributed by atoms with Crippen molar-refractivity contribution in [3.05, 3.63) is 0 Å². The highest BCUT2D eigenvalue weighted by Gasteiger charge is 2.20. The van der Waals surface area contributed by atoms with Crippen molar-refractivity contribution in [2.45, 2.75) is 45.6 Å². The van der Waals surface area contributed by atoms with Crippen molar-refractivity contribution in [1.82, 2.24) is 10.2 Å². The summed E-state index contributed by atoms with van der Waals surface area (Å²) >= 11 is 0. The zero-order valence-electron chi connectivity index (χ0n) is 11.6. The zero-order chi connectivity index (χ0) is 12.9. The summed E-state index contributed by atoms with van der Waals surface area (Å²) in [5.74, 6) is 0.702. The van der Waals surface area contributed by atoms with E-state index >= 15 is 0 Å². The Hall–Kier alpha value is -0.770. The third kappa shape index (κ3) is 5.91. The summed E-state index contributed by atoms with van der Waals surface area (Å²) in [6.45, 7) is 8.68. The fourth-order valence-electron chi connectivity index (χ4n) is 1.98. The molecule has 1 saturated heterocycles. The molecule has 4 nitrogen and oxygen atoms in total. The monoisotopic (exact) mass is 242 g/mol. The molecule has 100 valence electrons. The van der Waals surface area contributed by atoms with Crippen molar-refractivity contribution in [3.63, 3.8) is 0 Å². The van der Waals surface area contributed by atoms with Crippen LogP contribution in [-0.4, -0.2) is 43.3 Å². The number of hydrogen-bond acceptors (Lipinski definition) is 3. The minimum absolute atomic E-state index is 0.221. The summed E-state index contributed by atoms with van der Waals surface area (Å²) < 4.78 is 5.31. The first-order chi connectivity index (χ1) is 7.88. The lowest BCUT2D eigenvalue weighted by atomic mass is 9.96. The van der Waals surface area contributed by atoms with E-state index in [1.165, 1.54) is 12.8 Å². The molecular weight excluding hydrogens is 216 g/mol. The van der Waals surface area contributed by atoms with Crippen LogP contribution in [0.4, 0.5) is 4.79 Å². The first-order valence-corrected chi connectivity index (χ1v) is 6.53. The summed E-state index contributed by atoms with van der Waals surface area (Å²) in [7, 11) is 1.81. The van der Waals surface area contributed by atoms with E-state index in [1.807, 2.05) is 27.8 Å². The Morgan fingerprint density at radius 2 is 2.18 bits per heavy atom. The van der Waals surface area contributed by atoms with Gasteiger partial charge in [-0.15, -0.1) is 0 Å². The number of carbonyl (C=O) groups is 1. The maximum absolute atomic E-state index is 11.7. The zero-order valence-corrected chi connectivity index (χ0v) is 11.6. The Balaban J connectivity index is 2.23. The molecule has 1 rings (SSSR count). The molecule has 4 heteroatoms. The molecule has 0 aromatic rings. The van der Waals surface area contributed by atoms with Gasteiger partial charge in [-0.2, -0.15) is 0 Å². The van der Waals surface area contributed by atoms with Gasteiger partial charge >= 0.3 is 6.09 Å². The Kier molecular flexibility index (Phi) is 5.25. The highest BCUT2D eigenvalue weighted by atomic mass is 16.6. The van der Waals surface area contributed by atoms with E-state index < -0.39 is 5.60 Å². The number of amides is 1. The van der Waals surface area contributed by atoms with Gasteiger partial charge in [-0.1, -0.05) is 0 Å². The van der Waals surface area contributed by atoms with E-state index in [-0.39, 0.29) is 6.09 Å². The molecule has 1 fully saturated rings. The van der Waals surface area contributed by atoms with Crippen LogP contribution < -0.4 is 5.32 Å². The number of piperidine rings is 1. The topological polar surface area (TPSA) is 41.6 Å². The molecule has 0 unspecified atom stereocenters. The Labute approximate surface area is 105 Å². The van der Waals surface area contributed by atoms with Crippen LogP contribution in [0.2, 0.25) is 0 Å². The van der Waals surface area contributed by atoms with Crippen molar-refractivity contribution in [3.8, 4) is 0 Å². The molecule has 0 radical (unpaired) electrons. The highest BCUT2D eigenvalue weighted by molar-refractivity contribution is 5.67. The van der Waals surface area contributed by atoms with Gasteiger partial charge in [0.15, 0.2) is 0 Å². The second-order valence-electron chi connectivity index (χ2n) is 5.90. The SMILES string of the molecule is CN(CC[C@H]1CCCNC1)C(=O)OC(C)(C)C. The van der Waals surface area contributed by atoms with Crippen LogP contribution in [0.1, 0.15) is 40.0 Å². The summed E-state index contributed by atoms with van der Waals surface area (Å²) in [5.41, 5.74) is -0.405. The summed E-state index contributed by atoms with van der Waals surface area (Å²) in [6, 6.07) is 0. The molecule has 1 heterocycles. The lowest BCUT2D eigenvalue weighted by molar-refractivity contribution is 0.0288. The van der Waals surface area contributed by atoms with Gasteiger partial charge in [-0.3, -0.25) is 0 Å². The smallest absolute Gasteiger partial charge is 0.410 e. The van der Waals surface area contributed by atoms with Crippen LogP contribution in [0, 0.1) is 5.92 Å². The van der Waals surface area contributed by atoms with Crippen molar-refractivity contribution in [2.24, 2.45) is 5.92 Å². The molecule has 1 aliphatic heterocycles. The molecule has 1 amide bonds. The molecule has 0 bridgehead atoms. The van der Waals surface area contributed by atoms with Gasteiger partial charge in [-0.05, 0) is 59.0 Å². The summed E-state index contributed by atoms with van der Waals surface area (Å²) in [4.78, 5) is 13.4. The minimum Gasteiger partial charge on any atom is -0.444 e. The van der Waals surface area contributed by atoms with Gasteiger partial charge in [-0.25, -0.2) is 4.79 Å². The second-order valence-corrected chi connectivity index (χ2v) is 5.90. The van der Waals surface area contributed by atoms with Crippen molar-refractivity contribution >= 4 is 6.09 Å². The van der Waals surface area contributed by atoms with Crippen LogP contribution in [0.15, 0.2) is 0 Å². The van der Waals surface area contributed by atoms with E-state index in [4.69, 9.17) is 4.74 Å². The molecule has 0 saturated carbocycles. The average molecular weight is 242 g/mol. The second kappa shape index (κ2) is 6.24. The first kappa shape index (κ1) is 14.3. The maximum atomic E-state index is 11.7. The van der Waals surface area contributed by atoms with Gasteiger partial charge in [0.25, 0.3) is 0 Å². The maximum Gasteiger partial charge on any atom is 0.410 e. The van der Waals surface area contributed by atoms with Gasteiger partial charge in [0.1, 0.15) is 5.60 Å². The van der Waals surface area contributed by atoms with Gasteiger partial charge in [0.05, 0.1) is 0 Å². The minimum atomic E-state index is -0.405. The van der Waals surface area contributed by atoms with Crippen molar-refractivity contribution in [2.75, 3.05) is 26.7 Å². The number of hydrogen-bond donors (Lipinski definition) is 1. The Morgan fingerprint density at radius 1 is 1.47 bits per heavy atom. The lowest BCUT2D eigenvalue weighted by Crippen LogP contribution is -2.37. The van der Waals surface area contributed by atoms with Gasteiger partial charge in [0, 0.05) is 13.6 Å². The molecule has 0 aromatic heterocycles. The molecule has 0 spiro atoms. The predicted molar refractivity (Wildman–Crippen MR) is 69.1 cm³/mol. The summed E-state index contributed by atoms with van der Waals surface area (Å²) in [5, 5.41) is 3.39. The number of nitrogens with one attached hydrogen (secondary N) is 1. The highest BCUT2D eigenvalue weighted by Crippen LogP contribution is 2.15. The van der Waals surface area contributed by atoms with E-state index in [9.17, 15) is 4.79 Å². The van der Waals surface area contributed by atoms with Crippen LogP contribution in [-0.2, 0) is 4.74 Å². The van der Waals surface area contributed by atoms with Gasteiger partial charge < -0.3 is 15.0 Å². The van der Waals surface area contributed by atoms with Crippen molar-refractivity contribution in [1.29, 1.82) is 0 Å². The molecule has 1 N–H and O–H groups in total. The molecule has 17 heavy (non-hydrogen) atoms. The van der Waals surface area contributed by atoms with E-state index in [1.54, 1.807) is 4.90 Å². The van der Waals surface area contributed by atoms with Gasteiger partial charge in [0.2, 0.25) is 0 Å². The standard InChI is InChI=1S/C13H26N2O2/c1-13(2,3)17-12(16)15(4)9-7-11-6-5-8-14-10-11/h11,14H,5-10H2,1-4H3/t11-/m1/s1. The van der Waals surface area contributed by atoms with Crippen LogP contribution >= 0.6 is 0 Å². The molecule has 1 aliphatic rings. The molecule has 1 atom stereocenters. The number of ether oxygens (including phenoxy) is 1. The van der Waals surface area contributed by atoms with E-state index in [2.05, 4.69) is 5.32 Å². The van der Waals surface area contributed by atoms with Crippen LogP contribution in [0.25, 0.3) is 0 Å². The fourth-order valence-corrected chi connectivity index (χ4v) is 1.98. The van der Waals surface area contributed by atoms with Crippen LogP contribution in [0.5, 0.6) is 0 Å². The quantitative estimate of drug-likeness (QED) is 0.825. The largest absolute Gasteiger partial charge is 0.444 e. The van der Waals surface area contributed by atoms with Crippen molar-refractivity contribution < 1.29 is 9.53 Å². The third-order valence-electron chi connectivity index (χ3n) is 2.98. The predicted octanol–water partition coefficient (Wildman–Crippen LogP) is 2.24. The number of nitrogens with zero attached hydrogens (tertiary/aromatic N) is 1. The number of rotatable bonds is 3. The van der Waals surface area contributed by atoms with E-state index in [0.29, 0.717) is 5.92 Å². The van der Waals surface area contributed by atoms with E-state index in [0.717, 1.165) is 26.1 Å². The lowest BCUT2D eigenvalue weighted by Gasteiger charge is -2.27. The summed E-state index contributed by atoms with van der Waals surface area (Å²) in [6.07, 6.45) is 3.36. The molecular formula is C13H26N2O2. The van der Waals surface area contributed by atoms with Crippen LogP contribution in [0.3, 0.4) is 0 Å². The third-order valence-corrected chi connectivity index (χ3v) is 2.98.